The molecule has 0 aliphatic rings. The highest BCUT2D eigenvalue weighted by Crippen LogP contribution is 2.19. The summed E-state index contributed by atoms with van der Waals surface area (Å²) in [7, 11) is 3.96. The lowest BCUT2D eigenvalue weighted by molar-refractivity contribution is 0.0526. The van der Waals surface area contributed by atoms with Crippen molar-refractivity contribution in [3.63, 3.8) is 0 Å². The SMILES string of the molecule is CCOC(=O)c1ccc(-c2c[nH]c(=O)c(CCN(C)C)c2)cc1. The zero-order valence-electron chi connectivity index (χ0n) is 13.8. The van der Waals surface area contributed by atoms with E-state index in [4.69, 9.17) is 4.74 Å². The summed E-state index contributed by atoms with van der Waals surface area (Å²) in [5.41, 5.74) is 3.09. The van der Waals surface area contributed by atoms with Crippen LogP contribution in [0.5, 0.6) is 0 Å². The van der Waals surface area contributed by atoms with E-state index in [2.05, 4.69) is 4.98 Å². The molecule has 5 nitrogen and oxygen atoms in total. The van der Waals surface area contributed by atoms with Gasteiger partial charge in [-0.2, -0.15) is 0 Å². The van der Waals surface area contributed by atoms with Crippen molar-refractivity contribution in [1.82, 2.24) is 9.88 Å². The van der Waals surface area contributed by atoms with Crippen LogP contribution in [-0.2, 0) is 11.2 Å². The second-order valence-electron chi connectivity index (χ2n) is 5.59. The van der Waals surface area contributed by atoms with E-state index in [-0.39, 0.29) is 11.5 Å². The third-order valence-electron chi connectivity index (χ3n) is 3.54. The van der Waals surface area contributed by atoms with Gasteiger partial charge in [-0.1, -0.05) is 12.1 Å². The topological polar surface area (TPSA) is 62.4 Å². The first-order valence-corrected chi connectivity index (χ1v) is 7.65. The Morgan fingerprint density at radius 2 is 1.87 bits per heavy atom. The van der Waals surface area contributed by atoms with Crippen molar-refractivity contribution in [2.75, 3.05) is 27.2 Å². The molecule has 0 aliphatic heterocycles. The molecule has 1 N–H and O–H groups in total. The second kappa shape index (κ2) is 7.74. The normalized spacial score (nSPS) is 10.8. The Labute approximate surface area is 135 Å². The Balaban J connectivity index is 2.23. The molecule has 0 saturated carbocycles. The fraction of sp³-hybridized carbons (Fsp3) is 0.333. The Kier molecular flexibility index (Phi) is 5.71. The molecule has 2 aromatic rings. The van der Waals surface area contributed by atoms with Crippen LogP contribution in [0.2, 0.25) is 0 Å². The van der Waals surface area contributed by atoms with Crippen molar-refractivity contribution < 1.29 is 9.53 Å². The number of pyridine rings is 1. The molecular weight excluding hydrogens is 292 g/mol. The Morgan fingerprint density at radius 1 is 1.17 bits per heavy atom. The molecule has 0 atom stereocenters. The number of carbonyl (C=O) groups is 1. The summed E-state index contributed by atoms with van der Waals surface area (Å²) in [6.45, 7) is 2.95. The highest BCUT2D eigenvalue weighted by atomic mass is 16.5. The fourth-order valence-corrected chi connectivity index (χ4v) is 2.24. The number of ether oxygens (including phenoxy) is 1. The van der Waals surface area contributed by atoms with Crippen LogP contribution in [0.1, 0.15) is 22.8 Å². The lowest BCUT2D eigenvalue weighted by Gasteiger charge is -2.10. The van der Waals surface area contributed by atoms with E-state index >= 15 is 0 Å². The molecule has 122 valence electrons. The summed E-state index contributed by atoms with van der Waals surface area (Å²) in [6.07, 6.45) is 2.39. The summed E-state index contributed by atoms with van der Waals surface area (Å²) in [6, 6.07) is 9.09. The predicted molar refractivity (Wildman–Crippen MR) is 90.7 cm³/mol. The molecule has 0 spiro atoms. The maximum Gasteiger partial charge on any atom is 0.338 e. The molecule has 0 saturated heterocycles. The van der Waals surface area contributed by atoms with Crippen LogP contribution < -0.4 is 5.56 Å². The number of H-pyrrole nitrogens is 1. The van der Waals surface area contributed by atoms with Gasteiger partial charge in [-0.15, -0.1) is 0 Å². The molecular formula is C18H22N2O3. The minimum atomic E-state index is -0.327. The first kappa shape index (κ1) is 17.0. The van der Waals surface area contributed by atoms with E-state index in [1.54, 1.807) is 25.3 Å². The van der Waals surface area contributed by atoms with Crippen molar-refractivity contribution in [1.29, 1.82) is 0 Å². The molecule has 0 radical (unpaired) electrons. The van der Waals surface area contributed by atoms with Crippen molar-refractivity contribution in [2.24, 2.45) is 0 Å². The minimum absolute atomic E-state index is 0.0567. The Morgan fingerprint density at radius 3 is 2.48 bits per heavy atom. The van der Waals surface area contributed by atoms with Gasteiger partial charge in [-0.05, 0) is 56.8 Å². The van der Waals surface area contributed by atoms with Gasteiger partial charge in [0.2, 0.25) is 0 Å². The van der Waals surface area contributed by atoms with Gasteiger partial charge in [0.25, 0.3) is 5.56 Å². The smallest absolute Gasteiger partial charge is 0.338 e. The molecule has 0 fully saturated rings. The molecule has 1 aromatic heterocycles. The van der Waals surface area contributed by atoms with Crippen molar-refractivity contribution in [3.8, 4) is 11.1 Å². The molecule has 0 bridgehead atoms. The third kappa shape index (κ3) is 4.53. The zero-order valence-corrected chi connectivity index (χ0v) is 13.8. The van der Waals surface area contributed by atoms with Gasteiger partial charge in [0.1, 0.15) is 0 Å². The van der Waals surface area contributed by atoms with E-state index in [0.717, 1.165) is 23.2 Å². The number of benzene rings is 1. The van der Waals surface area contributed by atoms with Crippen LogP contribution in [0.4, 0.5) is 0 Å². The van der Waals surface area contributed by atoms with Crippen LogP contribution in [0.3, 0.4) is 0 Å². The number of esters is 1. The lowest BCUT2D eigenvalue weighted by atomic mass is 10.0. The number of carbonyl (C=O) groups excluding carboxylic acids is 1. The lowest BCUT2D eigenvalue weighted by Crippen LogP contribution is -2.20. The van der Waals surface area contributed by atoms with Gasteiger partial charge in [-0.25, -0.2) is 4.79 Å². The fourth-order valence-electron chi connectivity index (χ4n) is 2.24. The molecule has 0 unspecified atom stereocenters. The first-order valence-electron chi connectivity index (χ1n) is 7.65. The van der Waals surface area contributed by atoms with Crippen LogP contribution in [0.25, 0.3) is 11.1 Å². The molecule has 2 rings (SSSR count). The van der Waals surface area contributed by atoms with E-state index < -0.39 is 0 Å². The average Bonchev–Trinajstić information content (AvgIpc) is 2.54. The average molecular weight is 314 g/mol. The number of hydrogen-bond donors (Lipinski definition) is 1. The molecule has 1 aromatic carbocycles. The van der Waals surface area contributed by atoms with Gasteiger partial charge in [0.15, 0.2) is 0 Å². The summed E-state index contributed by atoms with van der Waals surface area (Å²) < 4.78 is 4.97. The molecule has 0 amide bonds. The van der Waals surface area contributed by atoms with E-state index in [9.17, 15) is 9.59 Å². The third-order valence-corrected chi connectivity index (χ3v) is 3.54. The van der Waals surface area contributed by atoms with Crippen LogP contribution in [-0.4, -0.2) is 43.1 Å². The maximum atomic E-state index is 11.9. The number of rotatable bonds is 6. The van der Waals surface area contributed by atoms with Gasteiger partial charge in [-0.3, -0.25) is 4.79 Å². The monoisotopic (exact) mass is 314 g/mol. The molecule has 23 heavy (non-hydrogen) atoms. The maximum absolute atomic E-state index is 11.9. The van der Waals surface area contributed by atoms with Crippen molar-refractivity contribution in [3.05, 3.63) is 58.0 Å². The highest BCUT2D eigenvalue weighted by Gasteiger charge is 2.08. The van der Waals surface area contributed by atoms with Crippen molar-refractivity contribution in [2.45, 2.75) is 13.3 Å². The van der Waals surface area contributed by atoms with Crippen molar-refractivity contribution >= 4 is 5.97 Å². The number of aromatic nitrogens is 1. The van der Waals surface area contributed by atoms with E-state index in [1.807, 2.05) is 37.2 Å². The summed E-state index contributed by atoms with van der Waals surface area (Å²) in [4.78, 5) is 28.4. The van der Waals surface area contributed by atoms with Gasteiger partial charge in [0.05, 0.1) is 12.2 Å². The standard InChI is InChI=1S/C18H22N2O3/c1-4-23-18(22)14-7-5-13(6-8-14)16-11-15(9-10-20(2)3)17(21)19-12-16/h5-8,11-12H,4,9-10H2,1-3H3,(H,19,21). The number of hydrogen-bond acceptors (Lipinski definition) is 4. The number of likely N-dealkylation sites (N-methyl/N-ethyl adjacent to an activating group) is 1. The summed E-state index contributed by atoms with van der Waals surface area (Å²) >= 11 is 0. The predicted octanol–water partition coefficient (Wildman–Crippen LogP) is 2.32. The van der Waals surface area contributed by atoms with Crippen LogP contribution in [0.15, 0.2) is 41.3 Å². The van der Waals surface area contributed by atoms with E-state index in [1.165, 1.54) is 0 Å². The van der Waals surface area contributed by atoms with Gasteiger partial charge >= 0.3 is 5.97 Å². The number of nitrogens with zero attached hydrogens (tertiary/aromatic N) is 1. The van der Waals surface area contributed by atoms with Gasteiger partial charge < -0.3 is 14.6 Å². The quantitative estimate of drug-likeness (QED) is 0.831. The summed E-state index contributed by atoms with van der Waals surface area (Å²) in [5.74, 6) is -0.327. The van der Waals surface area contributed by atoms with E-state index in [0.29, 0.717) is 18.6 Å². The highest BCUT2D eigenvalue weighted by molar-refractivity contribution is 5.90. The zero-order chi connectivity index (χ0) is 16.8. The van der Waals surface area contributed by atoms with Gasteiger partial charge in [0, 0.05) is 18.3 Å². The number of nitrogens with one attached hydrogen (secondary N) is 1. The minimum Gasteiger partial charge on any atom is -0.462 e. The Bertz CT molecular complexity index is 718. The van der Waals surface area contributed by atoms with Crippen LogP contribution in [0, 0.1) is 0 Å². The molecule has 5 heteroatoms. The second-order valence-corrected chi connectivity index (χ2v) is 5.59. The molecule has 1 heterocycles. The largest absolute Gasteiger partial charge is 0.462 e. The number of aromatic amines is 1. The summed E-state index contributed by atoms with van der Waals surface area (Å²) in [5, 5.41) is 0. The first-order chi connectivity index (χ1) is 11.0. The molecule has 0 aliphatic carbocycles. The Hall–Kier alpha value is -2.40. The van der Waals surface area contributed by atoms with Crippen LogP contribution >= 0.6 is 0 Å².